The minimum absolute atomic E-state index is 0.0447. The summed E-state index contributed by atoms with van der Waals surface area (Å²) in [4.78, 5) is 29.2. The van der Waals surface area contributed by atoms with Gasteiger partial charge in [-0.1, -0.05) is 12.1 Å². The first kappa shape index (κ1) is 23.3. The second kappa shape index (κ2) is 9.96. The summed E-state index contributed by atoms with van der Waals surface area (Å²) in [5.41, 5.74) is 3.36. The van der Waals surface area contributed by atoms with Crippen LogP contribution in [0.3, 0.4) is 0 Å². The van der Waals surface area contributed by atoms with Crippen LogP contribution in [0.5, 0.6) is 5.75 Å². The molecule has 0 radical (unpaired) electrons. The zero-order chi connectivity index (χ0) is 24.2. The van der Waals surface area contributed by atoms with Gasteiger partial charge < -0.3 is 14.0 Å². The van der Waals surface area contributed by atoms with Crippen molar-refractivity contribution in [2.24, 2.45) is 0 Å². The number of fused-ring (bicyclic) bond motifs is 1. The minimum Gasteiger partial charge on any atom is -0.454 e. The minimum atomic E-state index is -2.90. The lowest BCUT2D eigenvalue weighted by Gasteiger charge is -2.11. The fraction of sp³-hybridized carbons (Fsp3) is 0.160. The number of ether oxygens (including phenoxy) is 2. The number of para-hydroxylation sites is 1. The van der Waals surface area contributed by atoms with Crippen LogP contribution in [0, 0.1) is 13.8 Å². The van der Waals surface area contributed by atoms with Gasteiger partial charge in [-0.05, 0) is 62.4 Å². The Morgan fingerprint density at radius 1 is 1.12 bits per heavy atom. The van der Waals surface area contributed by atoms with E-state index in [1.165, 1.54) is 29.5 Å². The smallest absolute Gasteiger partial charge is 0.387 e. The number of Topliss-reactive ketones (excluding diaryl/α,β-unsaturated/α-hetero) is 1. The van der Waals surface area contributed by atoms with Crippen LogP contribution in [0.25, 0.3) is 22.0 Å². The van der Waals surface area contributed by atoms with E-state index in [1.807, 2.05) is 35.8 Å². The maximum absolute atomic E-state index is 12.7. The summed E-state index contributed by atoms with van der Waals surface area (Å²) < 4.78 is 37.0. The van der Waals surface area contributed by atoms with Crippen LogP contribution in [0.1, 0.15) is 26.8 Å². The molecule has 4 rings (SSSR count). The number of alkyl halides is 2. The van der Waals surface area contributed by atoms with Gasteiger partial charge in [0.15, 0.2) is 6.61 Å². The molecule has 0 atom stereocenters. The average Bonchev–Trinajstić information content (AvgIpc) is 3.36. The predicted molar refractivity (Wildman–Crippen MR) is 126 cm³/mol. The van der Waals surface area contributed by atoms with Crippen molar-refractivity contribution in [2.45, 2.75) is 20.5 Å². The van der Waals surface area contributed by atoms with Crippen LogP contribution < -0.4 is 4.74 Å². The lowest BCUT2D eigenvalue weighted by atomic mass is 10.1. The highest BCUT2D eigenvalue weighted by atomic mass is 32.1. The van der Waals surface area contributed by atoms with E-state index in [-0.39, 0.29) is 11.5 Å². The van der Waals surface area contributed by atoms with Crippen LogP contribution in [0.2, 0.25) is 0 Å². The summed E-state index contributed by atoms with van der Waals surface area (Å²) in [5.74, 6) is -0.946. The van der Waals surface area contributed by atoms with Crippen LogP contribution in [-0.2, 0) is 9.53 Å². The summed E-state index contributed by atoms with van der Waals surface area (Å²) in [7, 11) is 0. The molecule has 0 bridgehead atoms. The predicted octanol–water partition coefficient (Wildman–Crippen LogP) is 5.74. The molecule has 0 amide bonds. The molecule has 0 spiro atoms. The summed E-state index contributed by atoms with van der Waals surface area (Å²) in [5, 5.41) is 0.665. The first-order valence-electron chi connectivity index (χ1n) is 10.3. The number of carbonyl (C=O) groups excluding carboxylic acids is 2. The molecule has 0 aliphatic heterocycles. The molecule has 174 valence electrons. The van der Waals surface area contributed by atoms with E-state index >= 15 is 0 Å². The van der Waals surface area contributed by atoms with E-state index in [0.29, 0.717) is 22.0 Å². The summed E-state index contributed by atoms with van der Waals surface area (Å²) in [6.07, 6.45) is 2.81. The Balaban J connectivity index is 1.40. The number of aryl methyl sites for hydroxylation is 1. The molecule has 6 nitrogen and oxygen atoms in total. The number of aromatic nitrogens is 2. The number of nitrogens with zero attached hydrogens (tertiary/aromatic N) is 2. The van der Waals surface area contributed by atoms with Gasteiger partial charge >= 0.3 is 12.6 Å². The lowest BCUT2D eigenvalue weighted by Crippen LogP contribution is -2.13. The van der Waals surface area contributed by atoms with Crippen molar-refractivity contribution in [1.82, 2.24) is 9.55 Å². The zero-order valence-corrected chi connectivity index (χ0v) is 19.1. The Bertz CT molecular complexity index is 1340. The van der Waals surface area contributed by atoms with E-state index in [1.54, 1.807) is 31.2 Å². The first-order chi connectivity index (χ1) is 16.3. The van der Waals surface area contributed by atoms with Crippen molar-refractivity contribution in [1.29, 1.82) is 0 Å². The topological polar surface area (TPSA) is 70.4 Å². The number of rotatable bonds is 8. The van der Waals surface area contributed by atoms with Crippen molar-refractivity contribution in [2.75, 3.05) is 6.61 Å². The third kappa shape index (κ3) is 5.20. The Hall–Kier alpha value is -3.85. The SMILES string of the molecule is Cc1cc(C(=O)COC(=O)/C=C/c2nc3ccccc3s2)c(C)n1-c1ccc(OC(F)F)cc1. The standard InChI is InChI=1S/C25H20F2N2O4S/c1-15-13-19(16(2)29(15)17-7-9-18(10-8-17)33-25(26)27)21(30)14-32-24(31)12-11-23-28-20-5-3-4-6-22(20)34-23/h3-13,25H,14H2,1-2H3/b12-11+. The monoisotopic (exact) mass is 482 g/mol. The van der Waals surface area contributed by atoms with Gasteiger partial charge in [-0.15, -0.1) is 11.3 Å². The molecule has 0 aliphatic carbocycles. The molecule has 0 saturated heterocycles. The third-order valence-electron chi connectivity index (χ3n) is 5.07. The molecule has 0 fully saturated rings. The first-order valence-corrected chi connectivity index (χ1v) is 11.1. The zero-order valence-electron chi connectivity index (χ0n) is 18.3. The van der Waals surface area contributed by atoms with Crippen molar-refractivity contribution in [3.63, 3.8) is 0 Å². The highest BCUT2D eigenvalue weighted by molar-refractivity contribution is 7.19. The molecule has 0 unspecified atom stereocenters. The van der Waals surface area contributed by atoms with E-state index in [2.05, 4.69) is 9.72 Å². The van der Waals surface area contributed by atoms with Gasteiger partial charge in [-0.25, -0.2) is 9.78 Å². The number of hydrogen-bond donors (Lipinski definition) is 0. The third-order valence-corrected chi connectivity index (χ3v) is 6.07. The molecule has 9 heteroatoms. The number of thiazole rings is 1. The second-order valence-corrected chi connectivity index (χ2v) is 8.44. The van der Waals surface area contributed by atoms with Crippen molar-refractivity contribution in [3.8, 4) is 11.4 Å². The van der Waals surface area contributed by atoms with Gasteiger partial charge in [0.1, 0.15) is 10.8 Å². The van der Waals surface area contributed by atoms with E-state index in [4.69, 9.17) is 4.74 Å². The Kier molecular flexibility index (Phi) is 6.83. The molecule has 0 N–H and O–H groups in total. The van der Waals surface area contributed by atoms with E-state index < -0.39 is 19.2 Å². The molecule has 34 heavy (non-hydrogen) atoms. The van der Waals surface area contributed by atoms with Crippen molar-refractivity contribution < 1.29 is 27.8 Å². The van der Waals surface area contributed by atoms with E-state index in [9.17, 15) is 18.4 Å². The van der Waals surface area contributed by atoms with Gasteiger partial charge in [0.25, 0.3) is 0 Å². The Morgan fingerprint density at radius 2 is 1.85 bits per heavy atom. The van der Waals surface area contributed by atoms with Crippen molar-refractivity contribution >= 4 is 39.4 Å². The summed E-state index contributed by atoms with van der Waals surface area (Å²) in [6.45, 7) is 0.275. The fourth-order valence-electron chi connectivity index (χ4n) is 3.58. The van der Waals surface area contributed by atoms with Crippen molar-refractivity contribution in [3.05, 3.63) is 82.6 Å². The molecule has 4 aromatic rings. The Morgan fingerprint density at radius 3 is 2.56 bits per heavy atom. The highest BCUT2D eigenvalue weighted by Crippen LogP contribution is 2.24. The van der Waals surface area contributed by atoms with Crippen LogP contribution in [0.4, 0.5) is 8.78 Å². The van der Waals surface area contributed by atoms with Gasteiger partial charge in [-0.2, -0.15) is 8.78 Å². The molecular formula is C25H20F2N2O4S. The second-order valence-electron chi connectivity index (χ2n) is 7.38. The van der Waals surface area contributed by atoms with Crippen LogP contribution >= 0.6 is 11.3 Å². The molecule has 0 aliphatic rings. The normalized spacial score (nSPS) is 11.4. The van der Waals surface area contributed by atoms with Crippen LogP contribution in [0.15, 0.2) is 60.7 Å². The average molecular weight is 483 g/mol. The lowest BCUT2D eigenvalue weighted by molar-refractivity contribution is -0.136. The summed E-state index contributed by atoms with van der Waals surface area (Å²) in [6, 6.07) is 15.5. The molecule has 2 aromatic heterocycles. The van der Waals surface area contributed by atoms with Gasteiger partial charge in [0, 0.05) is 28.7 Å². The summed E-state index contributed by atoms with van der Waals surface area (Å²) >= 11 is 1.45. The van der Waals surface area contributed by atoms with Gasteiger partial charge in [0.05, 0.1) is 10.2 Å². The quantitative estimate of drug-likeness (QED) is 0.182. The number of carbonyl (C=O) groups is 2. The van der Waals surface area contributed by atoms with Gasteiger partial charge in [0.2, 0.25) is 5.78 Å². The molecular weight excluding hydrogens is 462 g/mol. The molecule has 2 heterocycles. The molecule has 0 saturated carbocycles. The maximum atomic E-state index is 12.7. The van der Waals surface area contributed by atoms with E-state index in [0.717, 1.165) is 15.9 Å². The molecule has 2 aromatic carbocycles. The number of benzene rings is 2. The number of halogens is 2. The highest BCUT2D eigenvalue weighted by Gasteiger charge is 2.18. The number of esters is 1. The van der Waals surface area contributed by atoms with Crippen LogP contribution in [-0.4, -0.2) is 34.5 Å². The number of hydrogen-bond acceptors (Lipinski definition) is 6. The Labute approximate surface area is 198 Å². The van der Waals surface area contributed by atoms with Gasteiger partial charge in [-0.3, -0.25) is 4.79 Å². The maximum Gasteiger partial charge on any atom is 0.387 e. The number of ketones is 1. The fourth-order valence-corrected chi connectivity index (χ4v) is 4.45. The largest absolute Gasteiger partial charge is 0.454 e.